The number of hydrogen-bond acceptors (Lipinski definition) is 6. The molecule has 2 aliphatic heterocycles. The summed E-state index contributed by atoms with van der Waals surface area (Å²) in [4.78, 5) is 22.5. The molecule has 1 fully saturated rings. The Morgan fingerprint density at radius 1 is 1.25 bits per heavy atom. The lowest BCUT2D eigenvalue weighted by Gasteiger charge is -2.28. The average Bonchev–Trinajstić information content (AvgIpc) is 3.10. The second-order valence-electron chi connectivity index (χ2n) is 5.72. The maximum Gasteiger partial charge on any atom is 0.267 e. The zero-order valence-electron chi connectivity index (χ0n) is 13.0. The van der Waals surface area contributed by atoms with Crippen LogP contribution >= 0.6 is 0 Å². The summed E-state index contributed by atoms with van der Waals surface area (Å²) in [7, 11) is 0. The van der Waals surface area contributed by atoms with E-state index in [-0.39, 0.29) is 18.6 Å². The zero-order chi connectivity index (χ0) is 16.4. The van der Waals surface area contributed by atoms with Gasteiger partial charge in [-0.2, -0.15) is 0 Å². The number of carbonyl (C=O) groups excluding carboxylic acids is 1. The van der Waals surface area contributed by atoms with E-state index < -0.39 is 6.10 Å². The second kappa shape index (κ2) is 6.35. The van der Waals surface area contributed by atoms with Crippen LogP contribution in [0.15, 0.2) is 42.9 Å². The molecule has 2 atom stereocenters. The number of amides is 1. The molecule has 1 amide bonds. The molecular weight excluding hydrogens is 310 g/mol. The summed E-state index contributed by atoms with van der Waals surface area (Å²) >= 11 is 0. The molecule has 24 heavy (non-hydrogen) atoms. The topological polar surface area (TPSA) is 73.8 Å². The highest BCUT2D eigenvalue weighted by Gasteiger charge is 2.35. The van der Waals surface area contributed by atoms with Gasteiger partial charge >= 0.3 is 0 Å². The molecule has 0 N–H and O–H groups in total. The minimum absolute atomic E-state index is 0.0743. The van der Waals surface area contributed by atoms with Crippen LogP contribution in [0.4, 0.5) is 0 Å². The first kappa shape index (κ1) is 14.7. The monoisotopic (exact) mass is 327 g/mol. The van der Waals surface area contributed by atoms with E-state index in [1.807, 2.05) is 18.2 Å². The number of carbonyl (C=O) groups is 1. The third-order valence-electron chi connectivity index (χ3n) is 4.07. The van der Waals surface area contributed by atoms with Gasteiger partial charge in [-0.1, -0.05) is 12.1 Å². The first-order chi connectivity index (χ1) is 11.8. The molecule has 0 bridgehead atoms. The average molecular weight is 327 g/mol. The SMILES string of the molecule is O=C([C@H]1COc2ccccc2O1)N1CC[C@H](Oc2cnccn2)C1. The van der Waals surface area contributed by atoms with E-state index in [0.29, 0.717) is 30.5 Å². The van der Waals surface area contributed by atoms with Crippen molar-refractivity contribution in [2.75, 3.05) is 19.7 Å². The summed E-state index contributed by atoms with van der Waals surface area (Å²) in [5, 5.41) is 0. The van der Waals surface area contributed by atoms with Crippen LogP contribution < -0.4 is 14.2 Å². The Hall–Kier alpha value is -2.83. The van der Waals surface area contributed by atoms with Gasteiger partial charge in [0.2, 0.25) is 12.0 Å². The van der Waals surface area contributed by atoms with Gasteiger partial charge in [-0.05, 0) is 12.1 Å². The molecule has 124 valence electrons. The molecule has 0 unspecified atom stereocenters. The number of hydrogen-bond donors (Lipinski definition) is 0. The Morgan fingerprint density at radius 3 is 2.96 bits per heavy atom. The number of para-hydroxylation sites is 2. The quantitative estimate of drug-likeness (QED) is 0.846. The lowest BCUT2D eigenvalue weighted by Crippen LogP contribution is -2.46. The third kappa shape index (κ3) is 2.97. The number of ether oxygens (including phenoxy) is 3. The normalized spacial score (nSPS) is 22.2. The molecule has 1 aromatic heterocycles. The van der Waals surface area contributed by atoms with Gasteiger partial charge in [-0.25, -0.2) is 4.98 Å². The van der Waals surface area contributed by atoms with Gasteiger partial charge < -0.3 is 19.1 Å². The highest BCUT2D eigenvalue weighted by atomic mass is 16.6. The molecule has 7 heteroatoms. The number of fused-ring (bicyclic) bond motifs is 1. The third-order valence-corrected chi connectivity index (χ3v) is 4.07. The van der Waals surface area contributed by atoms with Gasteiger partial charge in [0, 0.05) is 25.4 Å². The number of nitrogens with zero attached hydrogens (tertiary/aromatic N) is 3. The summed E-state index contributed by atoms with van der Waals surface area (Å²) in [6, 6.07) is 7.37. The maximum absolute atomic E-state index is 12.6. The zero-order valence-corrected chi connectivity index (χ0v) is 13.0. The van der Waals surface area contributed by atoms with Crippen molar-refractivity contribution in [3.63, 3.8) is 0 Å². The summed E-state index contributed by atoms with van der Waals surface area (Å²) in [6.45, 7) is 1.37. The lowest BCUT2D eigenvalue weighted by molar-refractivity contribution is -0.140. The molecule has 0 spiro atoms. The summed E-state index contributed by atoms with van der Waals surface area (Å²) in [6.07, 6.45) is 4.80. The molecule has 4 rings (SSSR count). The first-order valence-corrected chi connectivity index (χ1v) is 7.89. The van der Waals surface area contributed by atoms with Gasteiger partial charge in [-0.15, -0.1) is 0 Å². The van der Waals surface area contributed by atoms with Crippen molar-refractivity contribution >= 4 is 5.91 Å². The van der Waals surface area contributed by atoms with E-state index in [2.05, 4.69) is 9.97 Å². The molecule has 2 aliphatic rings. The summed E-state index contributed by atoms with van der Waals surface area (Å²) in [5.74, 6) is 1.68. The molecule has 0 saturated carbocycles. The first-order valence-electron chi connectivity index (χ1n) is 7.89. The Morgan fingerprint density at radius 2 is 2.12 bits per heavy atom. The van der Waals surface area contributed by atoms with E-state index in [0.717, 1.165) is 6.42 Å². The van der Waals surface area contributed by atoms with Crippen molar-refractivity contribution in [1.82, 2.24) is 14.9 Å². The van der Waals surface area contributed by atoms with Crippen molar-refractivity contribution in [2.45, 2.75) is 18.6 Å². The Balaban J connectivity index is 1.36. The van der Waals surface area contributed by atoms with Gasteiger partial charge in [0.15, 0.2) is 11.5 Å². The molecule has 0 aliphatic carbocycles. The molecule has 2 aromatic rings. The molecular formula is C17H17N3O4. The van der Waals surface area contributed by atoms with Crippen molar-refractivity contribution < 1.29 is 19.0 Å². The Labute approximate surface area is 139 Å². The van der Waals surface area contributed by atoms with Crippen LogP contribution in [0.25, 0.3) is 0 Å². The number of aromatic nitrogens is 2. The smallest absolute Gasteiger partial charge is 0.267 e. The van der Waals surface area contributed by atoms with E-state index >= 15 is 0 Å². The number of benzene rings is 1. The Bertz CT molecular complexity index is 725. The van der Waals surface area contributed by atoms with Crippen LogP contribution in [0.5, 0.6) is 17.4 Å². The van der Waals surface area contributed by atoms with Crippen LogP contribution in [-0.4, -0.2) is 52.7 Å². The molecule has 7 nitrogen and oxygen atoms in total. The predicted octanol–water partition coefficient (Wildman–Crippen LogP) is 1.30. The fourth-order valence-electron chi connectivity index (χ4n) is 2.89. The minimum Gasteiger partial charge on any atom is -0.485 e. The Kier molecular flexibility index (Phi) is 3.90. The van der Waals surface area contributed by atoms with Crippen molar-refractivity contribution in [1.29, 1.82) is 0 Å². The minimum atomic E-state index is -0.616. The van der Waals surface area contributed by atoms with E-state index in [1.54, 1.807) is 29.6 Å². The van der Waals surface area contributed by atoms with Crippen molar-refractivity contribution in [2.24, 2.45) is 0 Å². The fourth-order valence-corrected chi connectivity index (χ4v) is 2.89. The van der Waals surface area contributed by atoms with Gasteiger partial charge in [-0.3, -0.25) is 9.78 Å². The van der Waals surface area contributed by atoms with Crippen LogP contribution in [0, 0.1) is 0 Å². The van der Waals surface area contributed by atoms with Gasteiger partial charge in [0.25, 0.3) is 5.91 Å². The van der Waals surface area contributed by atoms with E-state index in [9.17, 15) is 4.79 Å². The molecule has 1 aromatic carbocycles. The highest BCUT2D eigenvalue weighted by molar-refractivity contribution is 5.82. The lowest BCUT2D eigenvalue weighted by atomic mass is 10.2. The van der Waals surface area contributed by atoms with Crippen LogP contribution in [0.3, 0.4) is 0 Å². The number of rotatable bonds is 3. The van der Waals surface area contributed by atoms with E-state index in [1.165, 1.54) is 0 Å². The predicted molar refractivity (Wildman–Crippen MR) is 84.0 cm³/mol. The van der Waals surface area contributed by atoms with Crippen LogP contribution in [0.2, 0.25) is 0 Å². The van der Waals surface area contributed by atoms with Gasteiger partial charge in [0.1, 0.15) is 12.7 Å². The van der Waals surface area contributed by atoms with Crippen molar-refractivity contribution in [3.05, 3.63) is 42.9 Å². The standard InChI is InChI=1S/C17H17N3O4/c21-17(15-11-22-13-3-1-2-4-14(13)24-15)20-8-5-12(10-20)23-16-9-18-6-7-19-16/h1-4,6-7,9,12,15H,5,8,10-11H2/t12-,15+/m0/s1. The number of likely N-dealkylation sites (tertiary alicyclic amines) is 1. The van der Waals surface area contributed by atoms with Gasteiger partial charge in [0.05, 0.1) is 12.7 Å². The molecule has 3 heterocycles. The van der Waals surface area contributed by atoms with Crippen LogP contribution in [-0.2, 0) is 4.79 Å². The molecule has 0 radical (unpaired) electrons. The summed E-state index contributed by atoms with van der Waals surface area (Å²) in [5.41, 5.74) is 0. The maximum atomic E-state index is 12.6. The summed E-state index contributed by atoms with van der Waals surface area (Å²) < 4.78 is 17.2. The van der Waals surface area contributed by atoms with Crippen LogP contribution in [0.1, 0.15) is 6.42 Å². The molecule has 1 saturated heterocycles. The van der Waals surface area contributed by atoms with Crippen molar-refractivity contribution in [3.8, 4) is 17.4 Å². The fraction of sp³-hybridized carbons (Fsp3) is 0.353. The van der Waals surface area contributed by atoms with E-state index in [4.69, 9.17) is 14.2 Å². The highest BCUT2D eigenvalue weighted by Crippen LogP contribution is 2.31. The largest absolute Gasteiger partial charge is 0.485 e. The second-order valence-corrected chi connectivity index (χ2v) is 5.72.